The normalized spacial score (nSPS) is 17.4. The molecule has 1 aromatic heterocycles. The Labute approximate surface area is 192 Å². The first-order chi connectivity index (χ1) is 16.1. The van der Waals surface area contributed by atoms with E-state index in [9.17, 15) is 14.4 Å². The molecule has 1 N–H and O–H groups in total. The Morgan fingerprint density at radius 2 is 1.82 bits per heavy atom. The zero-order valence-corrected chi connectivity index (χ0v) is 18.1. The van der Waals surface area contributed by atoms with Crippen molar-refractivity contribution >= 4 is 23.4 Å². The molecule has 2 aromatic carbocycles. The summed E-state index contributed by atoms with van der Waals surface area (Å²) in [5, 5.41) is 2.89. The van der Waals surface area contributed by atoms with Gasteiger partial charge in [0, 0.05) is 31.0 Å². The van der Waals surface area contributed by atoms with Crippen LogP contribution in [0, 0.1) is 0 Å². The van der Waals surface area contributed by atoms with Gasteiger partial charge >= 0.3 is 0 Å². The van der Waals surface area contributed by atoms with E-state index >= 15 is 0 Å². The number of amides is 3. The van der Waals surface area contributed by atoms with Crippen molar-refractivity contribution in [3.63, 3.8) is 0 Å². The highest BCUT2D eigenvalue weighted by atomic mass is 16.2. The van der Waals surface area contributed by atoms with Gasteiger partial charge in [-0.3, -0.25) is 19.4 Å². The Bertz CT molecular complexity index is 1190. The molecule has 5 rings (SSSR count). The number of carbonyl (C=O) groups excluding carboxylic acids is 3. The van der Waals surface area contributed by atoms with Crippen molar-refractivity contribution in [3.05, 3.63) is 95.3 Å². The predicted molar refractivity (Wildman–Crippen MR) is 124 cm³/mol. The second-order valence-electron chi connectivity index (χ2n) is 8.34. The largest absolute Gasteiger partial charge is 0.348 e. The maximum absolute atomic E-state index is 13.4. The van der Waals surface area contributed by atoms with Gasteiger partial charge in [-0.25, -0.2) is 0 Å². The fourth-order valence-corrected chi connectivity index (χ4v) is 4.50. The number of rotatable bonds is 5. The number of aromatic nitrogens is 1. The van der Waals surface area contributed by atoms with Gasteiger partial charge in [-0.15, -0.1) is 0 Å². The Morgan fingerprint density at radius 3 is 2.61 bits per heavy atom. The van der Waals surface area contributed by atoms with Gasteiger partial charge in [-0.05, 0) is 54.3 Å². The molecular weight excluding hydrogens is 416 g/mol. The first-order valence-corrected chi connectivity index (χ1v) is 11.1. The van der Waals surface area contributed by atoms with Crippen LogP contribution >= 0.6 is 0 Å². The molecule has 0 unspecified atom stereocenters. The number of fused-ring (bicyclic) bond motifs is 2. The Hall–Kier alpha value is -4.00. The molecule has 0 spiro atoms. The first-order valence-electron chi connectivity index (χ1n) is 11.1. The maximum Gasteiger partial charge on any atom is 0.256 e. The van der Waals surface area contributed by atoms with Crippen LogP contribution in [0.5, 0.6) is 0 Å². The third kappa shape index (κ3) is 4.09. The minimum Gasteiger partial charge on any atom is -0.348 e. The van der Waals surface area contributed by atoms with E-state index in [-0.39, 0.29) is 17.7 Å². The minimum atomic E-state index is -0.414. The van der Waals surface area contributed by atoms with Crippen molar-refractivity contribution in [2.75, 3.05) is 11.4 Å². The fourth-order valence-electron chi connectivity index (χ4n) is 4.50. The Balaban J connectivity index is 1.34. The monoisotopic (exact) mass is 440 g/mol. The van der Waals surface area contributed by atoms with Crippen molar-refractivity contribution in [1.82, 2.24) is 15.2 Å². The smallest absolute Gasteiger partial charge is 0.256 e. The lowest BCUT2D eigenvalue weighted by atomic mass is 10.1. The van der Waals surface area contributed by atoms with Crippen molar-refractivity contribution in [2.45, 2.75) is 32.0 Å². The van der Waals surface area contributed by atoms with Crippen molar-refractivity contribution in [2.24, 2.45) is 0 Å². The van der Waals surface area contributed by atoms with Gasteiger partial charge in [0.25, 0.3) is 11.8 Å². The molecule has 7 nitrogen and oxygen atoms in total. The molecule has 3 aromatic rings. The number of nitrogens with one attached hydrogen (secondary N) is 1. The SMILES string of the molecule is O=C(NCc1cccnc1)c1ccc(CN2C(=O)[C@@H]3CCCN3C(=O)c3ccccc32)cc1. The summed E-state index contributed by atoms with van der Waals surface area (Å²) in [6, 6.07) is 17.8. The number of carbonyl (C=O) groups is 3. The molecule has 33 heavy (non-hydrogen) atoms. The zero-order chi connectivity index (χ0) is 22.8. The van der Waals surface area contributed by atoms with E-state index in [0.29, 0.717) is 42.9 Å². The lowest BCUT2D eigenvalue weighted by Crippen LogP contribution is -2.44. The van der Waals surface area contributed by atoms with E-state index in [1.165, 1.54) is 0 Å². The molecule has 0 radical (unpaired) electrons. The second kappa shape index (κ2) is 8.86. The van der Waals surface area contributed by atoms with Gasteiger partial charge in [-0.2, -0.15) is 0 Å². The van der Waals surface area contributed by atoms with Crippen LogP contribution in [0.25, 0.3) is 0 Å². The summed E-state index contributed by atoms with van der Waals surface area (Å²) in [6.07, 6.45) is 4.93. The maximum atomic E-state index is 13.4. The summed E-state index contributed by atoms with van der Waals surface area (Å²) >= 11 is 0. The van der Waals surface area contributed by atoms with Crippen LogP contribution in [-0.4, -0.2) is 40.2 Å². The van der Waals surface area contributed by atoms with Crippen LogP contribution in [0.2, 0.25) is 0 Å². The molecule has 2 aliphatic rings. The highest BCUT2D eigenvalue weighted by Gasteiger charge is 2.41. The molecule has 1 atom stereocenters. The van der Waals surface area contributed by atoms with Crippen molar-refractivity contribution in [1.29, 1.82) is 0 Å². The lowest BCUT2D eigenvalue weighted by molar-refractivity contribution is -0.122. The van der Waals surface area contributed by atoms with Crippen LogP contribution in [-0.2, 0) is 17.9 Å². The fraction of sp³-hybridized carbons (Fsp3) is 0.231. The number of anilines is 1. The summed E-state index contributed by atoms with van der Waals surface area (Å²) in [5.41, 5.74) is 3.56. The molecule has 3 heterocycles. The average molecular weight is 441 g/mol. The van der Waals surface area contributed by atoms with E-state index < -0.39 is 6.04 Å². The van der Waals surface area contributed by atoms with E-state index in [4.69, 9.17) is 0 Å². The highest BCUT2D eigenvalue weighted by Crippen LogP contribution is 2.33. The summed E-state index contributed by atoms with van der Waals surface area (Å²) in [5.74, 6) is -0.303. The third-order valence-corrected chi connectivity index (χ3v) is 6.22. The van der Waals surface area contributed by atoms with Crippen LogP contribution in [0.15, 0.2) is 73.1 Å². The summed E-state index contributed by atoms with van der Waals surface area (Å²) in [4.78, 5) is 46.4. The molecule has 0 bridgehead atoms. The third-order valence-electron chi connectivity index (χ3n) is 6.22. The number of pyridine rings is 1. The Kier molecular flexibility index (Phi) is 5.60. The Morgan fingerprint density at radius 1 is 1.00 bits per heavy atom. The van der Waals surface area contributed by atoms with Gasteiger partial charge < -0.3 is 15.1 Å². The highest BCUT2D eigenvalue weighted by molar-refractivity contribution is 6.11. The molecule has 0 aliphatic carbocycles. The van der Waals surface area contributed by atoms with Crippen LogP contribution < -0.4 is 10.2 Å². The first kappa shape index (κ1) is 20.9. The van der Waals surface area contributed by atoms with E-state index in [1.54, 1.807) is 40.4 Å². The lowest BCUT2D eigenvalue weighted by Gasteiger charge is -2.26. The van der Waals surface area contributed by atoms with E-state index in [2.05, 4.69) is 10.3 Å². The number of nitrogens with zero attached hydrogens (tertiary/aromatic N) is 3. The number of hydrogen-bond acceptors (Lipinski definition) is 4. The van der Waals surface area contributed by atoms with Crippen LogP contribution in [0.1, 0.15) is 44.7 Å². The number of para-hydroxylation sites is 1. The van der Waals surface area contributed by atoms with Gasteiger partial charge in [0.05, 0.1) is 17.8 Å². The average Bonchev–Trinajstić information content (AvgIpc) is 3.33. The summed E-state index contributed by atoms with van der Waals surface area (Å²) in [7, 11) is 0. The summed E-state index contributed by atoms with van der Waals surface area (Å²) in [6.45, 7) is 1.35. The van der Waals surface area contributed by atoms with E-state index in [0.717, 1.165) is 17.5 Å². The topological polar surface area (TPSA) is 82.6 Å². The minimum absolute atomic E-state index is 0.0518. The van der Waals surface area contributed by atoms with Gasteiger partial charge in [0.15, 0.2) is 0 Å². The van der Waals surface area contributed by atoms with E-state index in [1.807, 2.05) is 42.5 Å². The van der Waals surface area contributed by atoms with Crippen molar-refractivity contribution < 1.29 is 14.4 Å². The molecule has 166 valence electrons. The van der Waals surface area contributed by atoms with Crippen LogP contribution in [0.3, 0.4) is 0 Å². The summed E-state index contributed by atoms with van der Waals surface area (Å²) < 4.78 is 0. The van der Waals surface area contributed by atoms with Gasteiger partial charge in [0.2, 0.25) is 5.91 Å². The standard InChI is InChI=1S/C26H24N4O3/c31-24(28-16-19-5-3-13-27-15-19)20-11-9-18(10-12-20)17-30-22-7-2-1-6-21(22)25(32)29-14-4-8-23(29)26(30)33/h1-3,5-7,9-13,15,23H,4,8,14,16-17H2,(H,28,31)/t23-/m0/s1. The van der Waals surface area contributed by atoms with Crippen molar-refractivity contribution in [3.8, 4) is 0 Å². The zero-order valence-electron chi connectivity index (χ0n) is 18.1. The number of hydrogen-bond donors (Lipinski definition) is 1. The molecule has 3 amide bonds. The quantitative estimate of drug-likeness (QED) is 0.661. The molecule has 2 aliphatic heterocycles. The van der Waals surface area contributed by atoms with Gasteiger partial charge in [-0.1, -0.05) is 30.3 Å². The molecule has 7 heteroatoms. The van der Waals surface area contributed by atoms with Gasteiger partial charge in [0.1, 0.15) is 6.04 Å². The number of benzene rings is 2. The molecular formula is C26H24N4O3. The molecule has 1 saturated heterocycles. The molecule has 0 saturated carbocycles. The molecule has 1 fully saturated rings. The second-order valence-corrected chi connectivity index (χ2v) is 8.34. The predicted octanol–water partition coefficient (Wildman–Crippen LogP) is 3.16. The van der Waals surface area contributed by atoms with Crippen LogP contribution in [0.4, 0.5) is 5.69 Å².